The van der Waals surface area contributed by atoms with E-state index in [2.05, 4.69) is 24.2 Å². The van der Waals surface area contributed by atoms with Crippen LogP contribution in [0.2, 0.25) is 0 Å². The van der Waals surface area contributed by atoms with Crippen molar-refractivity contribution in [2.24, 2.45) is 0 Å². The van der Waals surface area contributed by atoms with Crippen LogP contribution in [0.3, 0.4) is 0 Å². The van der Waals surface area contributed by atoms with Gasteiger partial charge in [-0.05, 0) is 37.7 Å². The first-order valence-corrected chi connectivity index (χ1v) is 7.70. The summed E-state index contributed by atoms with van der Waals surface area (Å²) >= 11 is 0. The summed E-state index contributed by atoms with van der Waals surface area (Å²) < 4.78 is 28.7. The van der Waals surface area contributed by atoms with Gasteiger partial charge < -0.3 is 10.2 Å². The molecule has 5 heteroatoms. The molecular weight excluding hydrogens is 272 g/mol. The summed E-state index contributed by atoms with van der Waals surface area (Å²) in [6.07, 6.45) is 0.981. The summed E-state index contributed by atoms with van der Waals surface area (Å²) in [4.78, 5) is 4.10. The molecule has 1 aliphatic rings. The molecule has 0 spiro atoms. The van der Waals surface area contributed by atoms with Crippen molar-refractivity contribution >= 4 is 5.69 Å². The number of halogens is 2. The molecule has 3 nitrogen and oxygen atoms in total. The minimum absolute atomic E-state index is 0.127. The first-order valence-electron chi connectivity index (χ1n) is 7.70. The third-order valence-corrected chi connectivity index (χ3v) is 4.22. The highest BCUT2D eigenvalue weighted by atomic mass is 19.1. The van der Waals surface area contributed by atoms with Gasteiger partial charge in [0, 0.05) is 32.2 Å². The Morgan fingerprint density at radius 2 is 1.86 bits per heavy atom. The molecule has 1 aliphatic heterocycles. The fourth-order valence-corrected chi connectivity index (χ4v) is 2.88. The van der Waals surface area contributed by atoms with Crippen LogP contribution in [-0.2, 0) is 6.54 Å². The molecule has 1 aromatic rings. The molecule has 21 heavy (non-hydrogen) atoms. The highest BCUT2D eigenvalue weighted by molar-refractivity contribution is 5.51. The minimum atomic E-state index is -0.456. The van der Waals surface area contributed by atoms with E-state index in [1.54, 1.807) is 0 Å². The summed E-state index contributed by atoms with van der Waals surface area (Å²) in [5, 5.41) is 3.09. The molecule has 1 saturated heterocycles. The largest absolute Gasteiger partial charge is 0.364 e. The summed E-state index contributed by atoms with van der Waals surface area (Å²) in [5.74, 6) is -0.912. The van der Waals surface area contributed by atoms with E-state index >= 15 is 0 Å². The molecule has 1 fully saturated rings. The van der Waals surface area contributed by atoms with Gasteiger partial charge in [-0.25, -0.2) is 8.78 Å². The lowest BCUT2D eigenvalue weighted by Gasteiger charge is -2.40. The van der Waals surface area contributed by atoms with Crippen LogP contribution in [0.4, 0.5) is 14.5 Å². The second-order valence-corrected chi connectivity index (χ2v) is 5.68. The smallest absolute Gasteiger partial charge is 0.149 e. The maximum atomic E-state index is 14.3. The van der Waals surface area contributed by atoms with Gasteiger partial charge in [0.1, 0.15) is 17.3 Å². The lowest BCUT2D eigenvalue weighted by molar-refractivity contribution is 0.212. The summed E-state index contributed by atoms with van der Waals surface area (Å²) in [7, 11) is 2.07. The van der Waals surface area contributed by atoms with E-state index in [0.29, 0.717) is 31.2 Å². The number of benzene rings is 1. The van der Waals surface area contributed by atoms with E-state index in [1.165, 1.54) is 12.1 Å². The highest BCUT2D eigenvalue weighted by Gasteiger charge is 2.26. The predicted molar refractivity (Wildman–Crippen MR) is 82.7 cm³/mol. The number of nitrogens with one attached hydrogen (secondary N) is 1. The van der Waals surface area contributed by atoms with Crippen LogP contribution in [0.1, 0.15) is 25.8 Å². The Morgan fingerprint density at radius 1 is 1.19 bits per heavy atom. The zero-order valence-electron chi connectivity index (χ0n) is 13.1. The number of rotatable bonds is 5. The summed E-state index contributed by atoms with van der Waals surface area (Å²) in [5.41, 5.74) is 0.776. The van der Waals surface area contributed by atoms with Gasteiger partial charge in [0.25, 0.3) is 0 Å². The Hall–Kier alpha value is -1.20. The van der Waals surface area contributed by atoms with E-state index in [1.807, 2.05) is 11.8 Å². The van der Waals surface area contributed by atoms with Crippen molar-refractivity contribution in [3.63, 3.8) is 0 Å². The van der Waals surface area contributed by atoms with Crippen molar-refractivity contribution in [3.05, 3.63) is 29.3 Å². The monoisotopic (exact) mass is 297 g/mol. The lowest BCUT2D eigenvalue weighted by Crippen LogP contribution is -2.51. The Balaban J connectivity index is 2.19. The van der Waals surface area contributed by atoms with E-state index in [0.717, 1.165) is 19.5 Å². The fourth-order valence-electron chi connectivity index (χ4n) is 2.88. The van der Waals surface area contributed by atoms with Crippen molar-refractivity contribution in [1.29, 1.82) is 0 Å². The average Bonchev–Trinajstić information content (AvgIpc) is 2.46. The molecule has 0 radical (unpaired) electrons. The molecule has 1 aromatic carbocycles. The second-order valence-electron chi connectivity index (χ2n) is 5.68. The molecule has 1 unspecified atom stereocenters. The topological polar surface area (TPSA) is 18.5 Å². The third-order valence-electron chi connectivity index (χ3n) is 4.22. The number of hydrogen-bond acceptors (Lipinski definition) is 3. The molecule has 0 aliphatic carbocycles. The number of nitrogens with zero attached hydrogens (tertiary/aromatic N) is 2. The quantitative estimate of drug-likeness (QED) is 0.901. The first-order chi connectivity index (χ1) is 10.1. The van der Waals surface area contributed by atoms with Crippen molar-refractivity contribution < 1.29 is 8.78 Å². The minimum Gasteiger partial charge on any atom is -0.364 e. The molecule has 2 rings (SSSR count). The normalized spacial score (nSPS) is 20.0. The molecule has 1 heterocycles. The zero-order valence-corrected chi connectivity index (χ0v) is 13.1. The zero-order chi connectivity index (χ0) is 15.4. The molecule has 1 N–H and O–H groups in total. The maximum absolute atomic E-state index is 14.3. The van der Waals surface area contributed by atoms with E-state index in [4.69, 9.17) is 0 Å². The summed E-state index contributed by atoms with van der Waals surface area (Å²) in [6, 6.07) is 3.24. The number of hydrogen-bond donors (Lipinski definition) is 1. The van der Waals surface area contributed by atoms with Gasteiger partial charge in [-0.1, -0.05) is 13.8 Å². The Morgan fingerprint density at radius 3 is 2.43 bits per heavy atom. The number of likely N-dealkylation sites (N-methyl/N-ethyl adjacent to an activating group) is 1. The molecular formula is C16H25F2N3. The van der Waals surface area contributed by atoms with Crippen LogP contribution in [0.25, 0.3) is 0 Å². The second kappa shape index (κ2) is 7.18. The molecule has 1 atom stereocenters. The van der Waals surface area contributed by atoms with Crippen LogP contribution in [0, 0.1) is 11.6 Å². The fraction of sp³-hybridized carbons (Fsp3) is 0.625. The Bertz CT molecular complexity index is 456. The number of piperazine rings is 1. The molecule has 0 aromatic heterocycles. The SMILES string of the molecule is CCNCc1cc(F)c(N2CCN(C)C(CC)C2)c(F)c1. The molecule has 118 valence electrons. The first kappa shape index (κ1) is 16.2. The van der Waals surface area contributed by atoms with Crippen LogP contribution in [0.5, 0.6) is 0 Å². The van der Waals surface area contributed by atoms with E-state index in [-0.39, 0.29) is 5.69 Å². The van der Waals surface area contributed by atoms with Crippen molar-refractivity contribution in [2.45, 2.75) is 32.9 Å². The van der Waals surface area contributed by atoms with Crippen LogP contribution in [0.15, 0.2) is 12.1 Å². The van der Waals surface area contributed by atoms with Crippen molar-refractivity contribution in [3.8, 4) is 0 Å². The summed E-state index contributed by atoms with van der Waals surface area (Å²) in [6.45, 7) is 7.51. The Labute approximate surface area is 125 Å². The lowest BCUT2D eigenvalue weighted by atomic mass is 10.1. The van der Waals surface area contributed by atoms with E-state index < -0.39 is 11.6 Å². The van der Waals surface area contributed by atoms with Gasteiger partial charge >= 0.3 is 0 Å². The van der Waals surface area contributed by atoms with E-state index in [9.17, 15) is 8.78 Å². The van der Waals surface area contributed by atoms with Gasteiger partial charge in [0.15, 0.2) is 0 Å². The Kier molecular flexibility index (Phi) is 5.53. The van der Waals surface area contributed by atoms with Gasteiger partial charge in [-0.3, -0.25) is 4.90 Å². The number of anilines is 1. The predicted octanol–water partition coefficient (Wildman–Crippen LogP) is 2.60. The van der Waals surface area contributed by atoms with Gasteiger partial charge in [-0.2, -0.15) is 0 Å². The standard InChI is InChI=1S/C16H25F2N3/c1-4-13-11-21(7-6-20(13)3)16-14(17)8-12(9-15(16)18)10-19-5-2/h8-9,13,19H,4-7,10-11H2,1-3H3. The van der Waals surface area contributed by atoms with Gasteiger partial charge in [0.05, 0.1) is 0 Å². The molecule has 0 amide bonds. The molecule has 0 bridgehead atoms. The van der Waals surface area contributed by atoms with Crippen LogP contribution < -0.4 is 10.2 Å². The van der Waals surface area contributed by atoms with Crippen molar-refractivity contribution in [1.82, 2.24) is 10.2 Å². The van der Waals surface area contributed by atoms with Gasteiger partial charge in [-0.15, -0.1) is 0 Å². The third kappa shape index (κ3) is 3.71. The van der Waals surface area contributed by atoms with Crippen LogP contribution in [-0.4, -0.2) is 44.2 Å². The highest BCUT2D eigenvalue weighted by Crippen LogP contribution is 2.27. The van der Waals surface area contributed by atoms with Crippen LogP contribution >= 0.6 is 0 Å². The van der Waals surface area contributed by atoms with Gasteiger partial charge in [0.2, 0.25) is 0 Å². The molecule has 0 saturated carbocycles. The maximum Gasteiger partial charge on any atom is 0.149 e. The van der Waals surface area contributed by atoms with Crippen molar-refractivity contribution in [2.75, 3.05) is 38.1 Å². The average molecular weight is 297 g/mol.